The van der Waals surface area contributed by atoms with Gasteiger partial charge in [-0.15, -0.1) is 11.3 Å². The Morgan fingerprint density at radius 2 is 1.91 bits per heavy atom. The van der Waals surface area contributed by atoms with Gasteiger partial charge in [0.05, 0.1) is 6.04 Å². The van der Waals surface area contributed by atoms with Gasteiger partial charge in [-0.05, 0) is 49.7 Å². The van der Waals surface area contributed by atoms with Crippen LogP contribution in [0.2, 0.25) is 0 Å². The maximum absolute atomic E-state index is 5.37. The SMILES string of the molecule is CN(C)C(CNC(=S)NCCc1ccccc1)c1cccs1. The second-order valence-corrected chi connectivity index (χ2v) is 6.75. The van der Waals surface area contributed by atoms with Crippen molar-refractivity contribution < 1.29 is 0 Å². The minimum atomic E-state index is 0.342. The van der Waals surface area contributed by atoms with Gasteiger partial charge >= 0.3 is 0 Å². The third kappa shape index (κ3) is 5.40. The molecule has 1 unspecified atom stereocenters. The lowest BCUT2D eigenvalue weighted by molar-refractivity contribution is 0.303. The number of benzene rings is 1. The average molecular weight is 334 g/mol. The van der Waals surface area contributed by atoms with E-state index in [2.05, 4.69) is 71.4 Å². The van der Waals surface area contributed by atoms with Crippen molar-refractivity contribution in [3.8, 4) is 0 Å². The topological polar surface area (TPSA) is 27.3 Å². The summed E-state index contributed by atoms with van der Waals surface area (Å²) in [5.74, 6) is 0. The number of hydrogen-bond donors (Lipinski definition) is 2. The third-order valence-corrected chi connectivity index (χ3v) is 4.76. The van der Waals surface area contributed by atoms with E-state index in [-0.39, 0.29) is 0 Å². The van der Waals surface area contributed by atoms with Gasteiger partial charge in [0.1, 0.15) is 0 Å². The summed E-state index contributed by atoms with van der Waals surface area (Å²) in [6, 6.07) is 15.0. The number of likely N-dealkylation sites (N-methyl/N-ethyl adjacent to an activating group) is 1. The first-order valence-electron chi connectivity index (χ1n) is 7.42. The van der Waals surface area contributed by atoms with Crippen LogP contribution < -0.4 is 10.6 Å². The molecular formula is C17H23N3S2. The second kappa shape index (κ2) is 8.88. The summed E-state index contributed by atoms with van der Waals surface area (Å²) in [6.45, 7) is 1.66. The van der Waals surface area contributed by atoms with Gasteiger partial charge in [-0.1, -0.05) is 36.4 Å². The van der Waals surface area contributed by atoms with Crippen LogP contribution in [0.4, 0.5) is 0 Å². The predicted molar refractivity (Wildman–Crippen MR) is 99.5 cm³/mol. The van der Waals surface area contributed by atoms with Gasteiger partial charge in [0.15, 0.2) is 5.11 Å². The van der Waals surface area contributed by atoms with E-state index in [1.807, 2.05) is 6.07 Å². The first kappa shape index (κ1) is 16.9. The highest BCUT2D eigenvalue weighted by molar-refractivity contribution is 7.80. The number of nitrogens with one attached hydrogen (secondary N) is 2. The molecular weight excluding hydrogens is 310 g/mol. The van der Waals surface area contributed by atoms with E-state index in [0.717, 1.165) is 24.6 Å². The maximum atomic E-state index is 5.37. The van der Waals surface area contributed by atoms with Crippen LogP contribution in [0.1, 0.15) is 16.5 Å². The van der Waals surface area contributed by atoms with Crippen molar-refractivity contribution in [1.29, 1.82) is 0 Å². The van der Waals surface area contributed by atoms with E-state index in [9.17, 15) is 0 Å². The molecule has 3 nitrogen and oxygen atoms in total. The highest BCUT2D eigenvalue weighted by Crippen LogP contribution is 2.22. The first-order valence-corrected chi connectivity index (χ1v) is 8.71. The van der Waals surface area contributed by atoms with Crippen LogP contribution in [0.3, 0.4) is 0 Å². The largest absolute Gasteiger partial charge is 0.362 e. The molecule has 0 radical (unpaired) electrons. The molecule has 0 aliphatic rings. The Bertz CT molecular complexity index is 553. The van der Waals surface area contributed by atoms with E-state index in [1.54, 1.807) is 11.3 Å². The first-order chi connectivity index (χ1) is 10.7. The van der Waals surface area contributed by atoms with Crippen LogP contribution in [0, 0.1) is 0 Å². The minimum absolute atomic E-state index is 0.342. The van der Waals surface area contributed by atoms with E-state index in [1.165, 1.54) is 10.4 Å². The van der Waals surface area contributed by atoms with E-state index in [4.69, 9.17) is 12.2 Å². The number of thiocarbonyl (C=S) groups is 1. The van der Waals surface area contributed by atoms with Crippen LogP contribution in [0.25, 0.3) is 0 Å². The number of nitrogens with zero attached hydrogens (tertiary/aromatic N) is 1. The summed E-state index contributed by atoms with van der Waals surface area (Å²) < 4.78 is 0. The summed E-state index contributed by atoms with van der Waals surface area (Å²) >= 11 is 7.15. The Morgan fingerprint density at radius 1 is 1.14 bits per heavy atom. The zero-order valence-electron chi connectivity index (χ0n) is 13.1. The molecule has 1 aromatic carbocycles. The van der Waals surface area contributed by atoms with Crippen molar-refractivity contribution in [3.63, 3.8) is 0 Å². The molecule has 2 N–H and O–H groups in total. The predicted octanol–water partition coefficient (Wildman–Crippen LogP) is 3.06. The molecule has 0 saturated carbocycles. The quantitative estimate of drug-likeness (QED) is 0.762. The van der Waals surface area contributed by atoms with Gasteiger partial charge in [-0.2, -0.15) is 0 Å². The van der Waals surface area contributed by atoms with Crippen molar-refractivity contribution in [2.45, 2.75) is 12.5 Å². The summed E-state index contributed by atoms with van der Waals surface area (Å²) in [5.41, 5.74) is 1.32. The van der Waals surface area contributed by atoms with Crippen molar-refractivity contribution in [1.82, 2.24) is 15.5 Å². The lowest BCUT2D eigenvalue weighted by atomic mass is 10.1. The number of thiophene rings is 1. The van der Waals surface area contributed by atoms with Crippen molar-refractivity contribution >= 4 is 28.7 Å². The molecule has 0 bridgehead atoms. The third-order valence-electron chi connectivity index (χ3n) is 3.49. The van der Waals surface area contributed by atoms with Gasteiger partial charge in [-0.25, -0.2) is 0 Å². The van der Waals surface area contributed by atoms with Gasteiger partial charge in [0.25, 0.3) is 0 Å². The lowest BCUT2D eigenvalue weighted by Gasteiger charge is -2.24. The van der Waals surface area contributed by atoms with Crippen LogP contribution in [0.15, 0.2) is 47.8 Å². The smallest absolute Gasteiger partial charge is 0.166 e. The molecule has 1 heterocycles. The molecule has 0 saturated heterocycles. The van der Waals surface area contributed by atoms with Gasteiger partial charge in [-0.3, -0.25) is 0 Å². The molecule has 2 aromatic rings. The van der Waals surface area contributed by atoms with Crippen LogP contribution in [-0.2, 0) is 6.42 Å². The summed E-state index contributed by atoms with van der Waals surface area (Å²) in [7, 11) is 4.19. The second-order valence-electron chi connectivity index (χ2n) is 5.37. The highest BCUT2D eigenvalue weighted by atomic mass is 32.1. The fourth-order valence-electron chi connectivity index (χ4n) is 2.24. The molecule has 0 amide bonds. The zero-order chi connectivity index (χ0) is 15.8. The fourth-order valence-corrected chi connectivity index (χ4v) is 3.34. The van der Waals surface area contributed by atoms with Gasteiger partial charge < -0.3 is 15.5 Å². The normalized spacial score (nSPS) is 12.1. The van der Waals surface area contributed by atoms with Crippen molar-refractivity contribution in [2.24, 2.45) is 0 Å². The zero-order valence-corrected chi connectivity index (χ0v) is 14.7. The molecule has 0 aliphatic heterocycles. The van der Waals surface area contributed by atoms with Crippen LogP contribution >= 0.6 is 23.6 Å². The molecule has 1 atom stereocenters. The summed E-state index contributed by atoms with van der Waals surface area (Å²) in [4.78, 5) is 3.57. The van der Waals surface area contributed by atoms with E-state index >= 15 is 0 Å². The molecule has 22 heavy (non-hydrogen) atoms. The minimum Gasteiger partial charge on any atom is -0.362 e. The molecule has 0 fully saturated rings. The Morgan fingerprint density at radius 3 is 2.55 bits per heavy atom. The molecule has 2 rings (SSSR count). The Labute approximate surface area is 142 Å². The standard InChI is InChI=1S/C17H23N3S2/c1-20(2)15(16-9-6-12-22-16)13-19-17(21)18-11-10-14-7-4-3-5-8-14/h3-9,12,15H,10-11,13H2,1-2H3,(H2,18,19,21). The average Bonchev–Trinajstić information content (AvgIpc) is 3.02. The highest BCUT2D eigenvalue weighted by Gasteiger charge is 2.15. The monoisotopic (exact) mass is 333 g/mol. The Kier molecular flexibility index (Phi) is 6.83. The lowest BCUT2D eigenvalue weighted by Crippen LogP contribution is -2.40. The Balaban J connectivity index is 1.72. The molecule has 1 aromatic heterocycles. The van der Waals surface area contributed by atoms with E-state index in [0.29, 0.717) is 6.04 Å². The van der Waals surface area contributed by atoms with Crippen LogP contribution in [-0.4, -0.2) is 37.2 Å². The van der Waals surface area contributed by atoms with Gasteiger partial charge in [0, 0.05) is 18.0 Å². The fraction of sp³-hybridized carbons (Fsp3) is 0.353. The summed E-state index contributed by atoms with van der Waals surface area (Å²) in [5, 5.41) is 9.43. The molecule has 5 heteroatoms. The van der Waals surface area contributed by atoms with Gasteiger partial charge in [0.2, 0.25) is 0 Å². The molecule has 0 spiro atoms. The maximum Gasteiger partial charge on any atom is 0.166 e. The van der Waals surface area contributed by atoms with Crippen LogP contribution in [0.5, 0.6) is 0 Å². The number of rotatable bonds is 7. The summed E-state index contributed by atoms with van der Waals surface area (Å²) in [6.07, 6.45) is 0.977. The van der Waals surface area contributed by atoms with Crippen molar-refractivity contribution in [3.05, 3.63) is 58.3 Å². The van der Waals surface area contributed by atoms with Crippen molar-refractivity contribution in [2.75, 3.05) is 27.2 Å². The number of hydrogen-bond acceptors (Lipinski definition) is 3. The Hall–Kier alpha value is -1.43. The van der Waals surface area contributed by atoms with E-state index < -0.39 is 0 Å². The molecule has 118 valence electrons. The molecule has 0 aliphatic carbocycles.